The lowest BCUT2D eigenvalue weighted by Gasteiger charge is -2.28. The van der Waals surface area contributed by atoms with Crippen molar-refractivity contribution in [2.45, 2.75) is 84.5 Å². The fraction of sp³-hybridized carbons (Fsp3) is 0.484. The van der Waals surface area contributed by atoms with Gasteiger partial charge in [0.15, 0.2) is 0 Å². The molecule has 0 amide bonds. The van der Waals surface area contributed by atoms with Crippen LogP contribution >= 0.6 is 0 Å². The molecule has 1 saturated carbocycles. The second-order valence-corrected chi connectivity index (χ2v) is 9.22. The van der Waals surface area contributed by atoms with Crippen LogP contribution in [0, 0.1) is 41.3 Å². The molecule has 0 N–H and O–H groups in total. The Hall–Kier alpha value is -2.51. The molecule has 0 spiro atoms. The summed E-state index contributed by atoms with van der Waals surface area (Å²) >= 11 is 0. The van der Waals surface area contributed by atoms with Crippen LogP contribution in [0.3, 0.4) is 0 Å². The summed E-state index contributed by atoms with van der Waals surface area (Å²) in [5.74, 6) is 13.8. The highest BCUT2D eigenvalue weighted by Gasteiger charge is 2.20. The normalized spacial score (nSPS) is 17.7. The van der Waals surface area contributed by atoms with Gasteiger partial charge < -0.3 is 0 Å². The highest BCUT2D eigenvalue weighted by atomic mass is 19.1. The van der Waals surface area contributed by atoms with Crippen LogP contribution < -0.4 is 0 Å². The standard InChI is InChI=1S/C31H37F/c1-3-5-7-9-26-12-14-27(15-13-26)18-19-29-21-23-30(31(32)24-29)22-20-28-16-10-25(11-17-28)8-6-4-2/h10-11,16-17,21,23-24,26-27H,3-5,7,9,12-15,18-19H2,1-2H3. The highest BCUT2D eigenvalue weighted by Crippen LogP contribution is 2.34. The summed E-state index contributed by atoms with van der Waals surface area (Å²) in [7, 11) is 0. The van der Waals surface area contributed by atoms with Crippen molar-refractivity contribution in [2.24, 2.45) is 11.8 Å². The van der Waals surface area contributed by atoms with Crippen molar-refractivity contribution in [3.63, 3.8) is 0 Å². The summed E-state index contributed by atoms with van der Waals surface area (Å²) < 4.78 is 14.6. The van der Waals surface area contributed by atoms with Crippen molar-refractivity contribution in [1.29, 1.82) is 0 Å². The first-order valence-electron chi connectivity index (χ1n) is 12.6. The zero-order valence-electron chi connectivity index (χ0n) is 19.9. The molecule has 0 radical (unpaired) electrons. The Bertz CT molecular complexity index is 953. The summed E-state index contributed by atoms with van der Waals surface area (Å²) in [4.78, 5) is 0. The van der Waals surface area contributed by atoms with Gasteiger partial charge in [-0.05, 0) is 66.6 Å². The van der Waals surface area contributed by atoms with Gasteiger partial charge in [0.25, 0.3) is 0 Å². The van der Waals surface area contributed by atoms with Gasteiger partial charge in [0.05, 0.1) is 5.56 Å². The number of unbranched alkanes of at least 4 members (excludes halogenated alkanes) is 2. The number of halogens is 1. The fourth-order valence-electron chi connectivity index (χ4n) is 4.64. The molecule has 3 rings (SSSR count). The van der Waals surface area contributed by atoms with Crippen LogP contribution in [0.5, 0.6) is 0 Å². The summed E-state index contributed by atoms with van der Waals surface area (Å²) in [6.45, 7) is 4.31. The number of aryl methyl sites for hydroxylation is 1. The van der Waals surface area contributed by atoms with E-state index in [1.807, 2.05) is 43.3 Å². The van der Waals surface area contributed by atoms with Gasteiger partial charge in [0, 0.05) is 17.5 Å². The molecular weight excluding hydrogens is 391 g/mol. The van der Waals surface area contributed by atoms with Crippen LogP contribution in [-0.2, 0) is 6.42 Å². The minimum atomic E-state index is -0.208. The molecule has 168 valence electrons. The van der Waals surface area contributed by atoms with Gasteiger partial charge in [-0.3, -0.25) is 0 Å². The number of rotatable bonds is 7. The zero-order chi connectivity index (χ0) is 22.6. The van der Waals surface area contributed by atoms with Gasteiger partial charge in [-0.1, -0.05) is 95.0 Å². The maximum absolute atomic E-state index is 14.6. The van der Waals surface area contributed by atoms with Crippen molar-refractivity contribution in [3.05, 3.63) is 70.5 Å². The van der Waals surface area contributed by atoms with E-state index in [0.29, 0.717) is 5.56 Å². The van der Waals surface area contributed by atoms with Crippen molar-refractivity contribution < 1.29 is 4.39 Å². The van der Waals surface area contributed by atoms with E-state index in [0.717, 1.165) is 41.4 Å². The Balaban J connectivity index is 1.48. The zero-order valence-corrected chi connectivity index (χ0v) is 19.9. The van der Waals surface area contributed by atoms with Crippen LogP contribution in [0.4, 0.5) is 4.39 Å². The highest BCUT2D eigenvalue weighted by molar-refractivity contribution is 5.46. The van der Waals surface area contributed by atoms with Gasteiger partial charge in [-0.2, -0.15) is 0 Å². The number of hydrogen-bond acceptors (Lipinski definition) is 0. The monoisotopic (exact) mass is 428 g/mol. The lowest BCUT2D eigenvalue weighted by atomic mass is 9.78. The van der Waals surface area contributed by atoms with Crippen molar-refractivity contribution >= 4 is 0 Å². The van der Waals surface area contributed by atoms with E-state index in [2.05, 4.69) is 30.6 Å². The lowest BCUT2D eigenvalue weighted by Crippen LogP contribution is -2.15. The van der Waals surface area contributed by atoms with Crippen molar-refractivity contribution in [3.8, 4) is 23.7 Å². The molecule has 0 saturated heterocycles. The molecule has 0 bridgehead atoms. The van der Waals surface area contributed by atoms with E-state index < -0.39 is 0 Å². The topological polar surface area (TPSA) is 0 Å². The molecule has 0 nitrogen and oxygen atoms in total. The van der Waals surface area contributed by atoms with Gasteiger partial charge in [0.1, 0.15) is 5.82 Å². The Morgan fingerprint density at radius 3 is 2.06 bits per heavy atom. The third-order valence-electron chi connectivity index (χ3n) is 6.69. The number of hydrogen-bond donors (Lipinski definition) is 0. The van der Waals surface area contributed by atoms with Crippen molar-refractivity contribution in [2.75, 3.05) is 0 Å². The average molecular weight is 429 g/mol. The quantitative estimate of drug-likeness (QED) is 0.307. The predicted molar refractivity (Wildman–Crippen MR) is 134 cm³/mol. The van der Waals surface area contributed by atoms with Crippen LogP contribution in [0.1, 0.15) is 100 Å². The molecule has 2 aromatic carbocycles. The molecule has 0 unspecified atom stereocenters. The fourth-order valence-corrected chi connectivity index (χ4v) is 4.64. The molecule has 1 fully saturated rings. The Kier molecular flexibility index (Phi) is 9.91. The molecule has 1 aliphatic rings. The molecule has 1 aliphatic carbocycles. The van der Waals surface area contributed by atoms with E-state index in [9.17, 15) is 4.39 Å². The van der Waals surface area contributed by atoms with Gasteiger partial charge >= 0.3 is 0 Å². The van der Waals surface area contributed by atoms with Crippen LogP contribution in [0.25, 0.3) is 0 Å². The molecule has 0 heterocycles. The van der Waals surface area contributed by atoms with E-state index in [-0.39, 0.29) is 5.82 Å². The summed E-state index contributed by atoms with van der Waals surface area (Å²) in [6.07, 6.45) is 14.0. The molecule has 1 heteroatoms. The molecule has 2 aromatic rings. The summed E-state index contributed by atoms with van der Waals surface area (Å²) in [6, 6.07) is 13.4. The summed E-state index contributed by atoms with van der Waals surface area (Å²) in [5.41, 5.74) is 3.42. The Morgan fingerprint density at radius 1 is 0.781 bits per heavy atom. The van der Waals surface area contributed by atoms with Crippen LogP contribution in [0.15, 0.2) is 42.5 Å². The SMILES string of the molecule is CCC#Cc1ccc(C#Cc2ccc(CCC3CCC(CCCCC)CC3)cc2F)cc1. The van der Waals surface area contributed by atoms with Gasteiger partial charge in [-0.15, -0.1) is 0 Å². The molecule has 32 heavy (non-hydrogen) atoms. The van der Waals surface area contributed by atoms with E-state index in [4.69, 9.17) is 0 Å². The molecule has 0 aromatic heterocycles. The molecule has 0 aliphatic heterocycles. The summed E-state index contributed by atoms with van der Waals surface area (Å²) in [5, 5.41) is 0. The third kappa shape index (κ3) is 7.88. The van der Waals surface area contributed by atoms with Crippen molar-refractivity contribution in [1.82, 2.24) is 0 Å². The minimum Gasteiger partial charge on any atom is -0.206 e. The van der Waals surface area contributed by atoms with Crippen LogP contribution in [-0.4, -0.2) is 0 Å². The third-order valence-corrected chi connectivity index (χ3v) is 6.69. The maximum Gasteiger partial charge on any atom is 0.139 e. The predicted octanol–water partition coefficient (Wildman–Crippen LogP) is 8.31. The molecular formula is C31H37F. The second-order valence-electron chi connectivity index (χ2n) is 9.22. The first-order valence-corrected chi connectivity index (χ1v) is 12.6. The lowest BCUT2D eigenvalue weighted by molar-refractivity contribution is 0.249. The smallest absolute Gasteiger partial charge is 0.139 e. The average Bonchev–Trinajstić information content (AvgIpc) is 2.82. The Morgan fingerprint density at radius 2 is 1.44 bits per heavy atom. The first kappa shape index (κ1) is 24.1. The molecule has 0 atom stereocenters. The largest absolute Gasteiger partial charge is 0.206 e. The Labute approximate surface area is 195 Å². The van der Waals surface area contributed by atoms with Gasteiger partial charge in [-0.25, -0.2) is 4.39 Å². The van der Waals surface area contributed by atoms with E-state index >= 15 is 0 Å². The van der Waals surface area contributed by atoms with E-state index in [1.54, 1.807) is 6.07 Å². The maximum atomic E-state index is 14.6. The second kappa shape index (κ2) is 13.1. The van der Waals surface area contributed by atoms with Gasteiger partial charge in [0.2, 0.25) is 0 Å². The minimum absolute atomic E-state index is 0.208. The van der Waals surface area contributed by atoms with Crippen LogP contribution in [0.2, 0.25) is 0 Å². The first-order chi connectivity index (χ1) is 15.7. The van der Waals surface area contributed by atoms with E-state index in [1.165, 1.54) is 57.8 Å². The number of benzene rings is 2.